The Kier molecular flexibility index (Phi) is 7.57. The van der Waals surface area contributed by atoms with E-state index in [0.717, 1.165) is 36.5 Å². The second-order valence-electron chi connectivity index (χ2n) is 4.34. The van der Waals surface area contributed by atoms with E-state index in [0.29, 0.717) is 0 Å². The number of benzene rings is 1. The molecule has 0 spiro atoms. The fourth-order valence-corrected chi connectivity index (χ4v) is 2.92. The molecule has 19 heavy (non-hydrogen) atoms. The summed E-state index contributed by atoms with van der Waals surface area (Å²) in [6.07, 6.45) is 1.87. The number of hydrogen-bond donors (Lipinski definition) is 1. The third-order valence-electron chi connectivity index (χ3n) is 3.14. The van der Waals surface area contributed by atoms with Gasteiger partial charge in [0.1, 0.15) is 5.54 Å². The minimum atomic E-state index is -0.574. The molecule has 0 aliphatic carbocycles. The van der Waals surface area contributed by atoms with Crippen molar-refractivity contribution in [1.29, 1.82) is 5.26 Å². The largest absolute Gasteiger partial charge is 0.385 e. The molecular weight excluding hydrogens is 256 g/mol. The Morgan fingerprint density at radius 2 is 2.05 bits per heavy atom. The van der Waals surface area contributed by atoms with Crippen LogP contribution in [0.25, 0.3) is 0 Å². The zero-order valence-electron chi connectivity index (χ0n) is 11.7. The molecule has 0 fully saturated rings. The normalized spacial score (nSPS) is 13.7. The first-order chi connectivity index (χ1) is 9.29. The number of methoxy groups -OCH3 is 1. The van der Waals surface area contributed by atoms with Crippen LogP contribution in [0.4, 0.5) is 0 Å². The van der Waals surface area contributed by atoms with Gasteiger partial charge in [-0.15, -0.1) is 0 Å². The van der Waals surface area contributed by atoms with Crippen LogP contribution in [0, 0.1) is 11.3 Å². The summed E-state index contributed by atoms with van der Waals surface area (Å²) in [5.41, 5.74) is 0.465. The van der Waals surface area contributed by atoms with Crippen LogP contribution in [0.15, 0.2) is 30.3 Å². The second-order valence-corrected chi connectivity index (χ2v) is 5.57. The van der Waals surface area contributed by atoms with Gasteiger partial charge in [0.05, 0.1) is 6.07 Å². The maximum Gasteiger partial charge on any atom is 0.132 e. The number of nitriles is 1. The van der Waals surface area contributed by atoms with Gasteiger partial charge < -0.3 is 4.74 Å². The first-order valence-corrected chi connectivity index (χ1v) is 7.67. The molecule has 1 N–H and O–H groups in total. The van der Waals surface area contributed by atoms with E-state index >= 15 is 0 Å². The van der Waals surface area contributed by atoms with Crippen LogP contribution in [-0.2, 0) is 10.3 Å². The van der Waals surface area contributed by atoms with Gasteiger partial charge >= 0.3 is 0 Å². The highest BCUT2D eigenvalue weighted by atomic mass is 32.2. The quantitative estimate of drug-likeness (QED) is 0.706. The summed E-state index contributed by atoms with van der Waals surface area (Å²) < 4.78 is 5.02. The van der Waals surface area contributed by atoms with Crippen molar-refractivity contribution < 1.29 is 4.74 Å². The zero-order chi connectivity index (χ0) is 14.0. The van der Waals surface area contributed by atoms with Gasteiger partial charge in [-0.2, -0.15) is 17.0 Å². The molecule has 1 aromatic rings. The molecule has 4 heteroatoms. The molecule has 1 rings (SSSR count). The smallest absolute Gasteiger partial charge is 0.132 e. The topological polar surface area (TPSA) is 45.0 Å². The van der Waals surface area contributed by atoms with Gasteiger partial charge in [-0.05, 0) is 37.0 Å². The van der Waals surface area contributed by atoms with E-state index in [1.54, 1.807) is 7.11 Å². The van der Waals surface area contributed by atoms with Crippen LogP contribution < -0.4 is 5.32 Å². The van der Waals surface area contributed by atoms with Crippen molar-refractivity contribution in [3.05, 3.63) is 35.9 Å². The fraction of sp³-hybridized carbons (Fsp3) is 0.533. The third-order valence-corrected chi connectivity index (χ3v) is 4.21. The molecule has 0 bridgehead atoms. The highest BCUT2D eigenvalue weighted by Gasteiger charge is 2.29. The van der Waals surface area contributed by atoms with E-state index in [9.17, 15) is 5.26 Å². The minimum absolute atomic E-state index is 0.574. The average molecular weight is 278 g/mol. The Morgan fingerprint density at radius 1 is 1.32 bits per heavy atom. The summed E-state index contributed by atoms with van der Waals surface area (Å²) in [6, 6.07) is 12.4. The summed E-state index contributed by atoms with van der Waals surface area (Å²) in [7, 11) is 3.58. The highest BCUT2D eigenvalue weighted by Crippen LogP contribution is 2.25. The van der Waals surface area contributed by atoms with Crippen molar-refractivity contribution in [1.82, 2.24) is 5.32 Å². The second kappa shape index (κ2) is 8.98. The van der Waals surface area contributed by atoms with Crippen LogP contribution in [-0.4, -0.2) is 32.3 Å². The molecule has 1 aromatic carbocycles. The van der Waals surface area contributed by atoms with Crippen molar-refractivity contribution in [3.63, 3.8) is 0 Å². The van der Waals surface area contributed by atoms with Gasteiger partial charge in [0.15, 0.2) is 0 Å². The van der Waals surface area contributed by atoms with Crippen molar-refractivity contribution in [2.75, 3.05) is 32.3 Å². The van der Waals surface area contributed by atoms with Gasteiger partial charge in [0, 0.05) is 13.7 Å². The molecule has 0 saturated heterocycles. The Labute approximate surface area is 120 Å². The number of nitrogens with one attached hydrogen (secondary N) is 1. The van der Waals surface area contributed by atoms with Gasteiger partial charge in [-0.1, -0.05) is 30.3 Å². The third kappa shape index (κ3) is 4.87. The monoisotopic (exact) mass is 278 g/mol. The number of nitrogens with zero attached hydrogens (tertiary/aromatic N) is 1. The van der Waals surface area contributed by atoms with Crippen LogP contribution in [0.5, 0.6) is 0 Å². The van der Waals surface area contributed by atoms with E-state index in [1.165, 1.54) is 0 Å². The summed E-state index contributed by atoms with van der Waals surface area (Å²) in [4.78, 5) is 0. The maximum absolute atomic E-state index is 9.53. The average Bonchev–Trinajstić information content (AvgIpc) is 2.48. The van der Waals surface area contributed by atoms with Crippen molar-refractivity contribution in [2.45, 2.75) is 18.4 Å². The lowest BCUT2D eigenvalue weighted by molar-refractivity contribution is 0.200. The summed E-state index contributed by atoms with van der Waals surface area (Å²) in [5.74, 6) is 2.04. The molecule has 0 aromatic heterocycles. The fourth-order valence-electron chi connectivity index (χ4n) is 1.95. The Bertz CT molecular complexity index is 391. The first kappa shape index (κ1) is 16.0. The van der Waals surface area contributed by atoms with Gasteiger partial charge in [0.2, 0.25) is 0 Å². The lowest BCUT2D eigenvalue weighted by Gasteiger charge is -2.26. The molecule has 1 unspecified atom stereocenters. The van der Waals surface area contributed by atoms with E-state index in [4.69, 9.17) is 4.74 Å². The Balaban J connectivity index is 2.52. The maximum atomic E-state index is 9.53. The number of ether oxygens (including phenoxy) is 1. The van der Waals surface area contributed by atoms with E-state index in [1.807, 2.05) is 49.1 Å². The summed E-state index contributed by atoms with van der Waals surface area (Å²) in [6.45, 7) is 0.807. The SMILES string of the molecule is CNC(C#N)(CCSCCCOC)c1ccccc1. The molecule has 0 amide bonds. The number of thioether (sulfide) groups is 1. The van der Waals surface area contributed by atoms with Crippen molar-refractivity contribution in [2.24, 2.45) is 0 Å². The first-order valence-electron chi connectivity index (χ1n) is 6.51. The van der Waals surface area contributed by atoms with Crippen molar-refractivity contribution in [3.8, 4) is 6.07 Å². The molecule has 1 atom stereocenters. The molecule has 0 radical (unpaired) electrons. The van der Waals surface area contributed by atoms with Crippen molar-refractivity contribution >= 4 is 11.8 Å². The molecule has 0 aliphatic rings. The standard InChI is InChI=1S/C15H22N2OS/c1-17-15(13-16,14-7-4-3-5-8-14)9-12-19-11-6-10-18-2/h3-5,7-8,17H,6,9-12H2,1-2H3. The summed E-state index contributed by atoms with van der Waals surface area (Å²) in [5, 5.41) is 12.7. The van der Waals surface area contributed by atoms with Crippen LogP contribution in [0.3, 0.4) is 0 Å². The van der Waals surface area contributed by atoms with Crippen LogP contribution >= 0.6 is 11.8 Å². The molecule has 3 nitrogen and oxygen atoms in total. The molecule has 0 aliphatic heterocycles. The van der Waals surface area contributed by atoms with E-state index in [2.05, 4.69) is 11.4 Å². The molecular formula is C15H22N2OS. The van der Waals surface area contributed by atoms with Gasteiger partial charge in [-0.25, -0.2) is 0 Å². The minimum Gasteiger partial charge on any atom is -0.385 e. The Morgan fingerprint density at radius 3 is 2.63 bits per heavy atom. The number of hydrogen-bond acceptors (Lipinski definition) is 4. The lowest BCUT2D eigenvalue weighted by Crippen LogP contribution is -2.39. The Hall–Kier alpha value is -1.02. The predicted octanol–water partition coefficient (Wildman–Crippen LogP) is 2.78. The summed E-state index contributed by atoms with van der Waals surface area (Å²) >= 11 is 1.87. The zero-order valence-corrected chi connectivity index (χ0v) is 12.5. The van der Waals surface area contributed by atoms with Crippen LogP contribution in [0.2, 0.25) is 0 Å². The van der Waals surface area contributed by atoms with E-state index in [-0.39, 0.29) is 0 Å². The van der Waals surface area contributed by atoms with E-state index < -0.39 is 5.54 Å². The molecule has 0 saturated carbocycles. The van der Waals surface area contributed by atoms with Gasteiger partial charge in [0.25, 0.3) is 0 Å². The number of rotatable bonds is 9. The predicted molar refractivity (Wildman–Crippen MR) is 81.2 cm³/mol. The molecule has 104 valence electrons. The lowest BCUT2D eigenvalue weighted by atomic mass is 9.89. The van der Waals surface area contributed by atoms with Crippen LogP contribution in [0.1, 0.15) is 18.4 Å². The highest BCUT2D eigenvalue weighted by molar-refractivity contribution is 7.99. The van der Waals surface area contributed by atoms with Gasteiger partial charge in [-0.3, -0.25) is 5.32 Å². The molecule has 0 heterocycles.